The maximum atomic E-state index is 13.9. The van der Waals surface area contributed by atoms with Crippen LogP contribution < -0.4 is 0 Å². The number of piperazine rings is 1. The summed E-state index contributed by atoms with van der Waals surface area (Å²) in [6.45, 7) is 8.18. The number of aromatic nitrogens is 2. The normalized spacial score (nSPS) is 17.8. The molecule has 136 valence electrons. The van der Waals surface area contributed by atoms with Crippen LogP contribution in [-0.4, -0.2) is 46.1 Å². The van der Waals surface area contributed by atoms with Crippen molar-refractivity contribution in [3.8, 4) is 0 Å². The molecule has 1 fully saturated rings. The summed E-state index contributed by atoms with van der Waals surface area (Å²) in [5.41, 5.74) is 0.576. The predicted molar refractivity (Wildman–Crippen MR) is 95.0 cm³/mol. The average molecular weight is 367 g/mol. The summed E-state index contributed by atoms with van der Waals surface area (Å²) in [4.78, 5) is 9.03. The van der Waals surface area contributed by atoms with Gasteiger partial charge in [0.25, 0.3) is 0 Å². The van der Waals surface area contributed by atoms with Gasteiger partial charge in [-0.3, -0.25) is 9.80 Å². The van der Waals surface area contributed by atoms with Crippen molar-refractivity contribution in [2.45, 2.75) is 39.3 Å². The van der Waals surface area contributed by atoms with E-state index in [0.717, 1.165) is 44.8 Å². The molecule has 0 radical (unpaired) electrons. The van der Waals surface area contributed by atoms with Gasteiger partial charge in [-0.1, -0.05) is 29.7 Å². The van der Waals surface area contributed by atoms with Crippen LogP contribution in [0, 0.1) is 5.82 Å². The zero-order valence-electron chi connectivity index (χ0n) is 14.7. The second-order valence-corrected chi connectivity index (χ2v) is 6.89. The minimum atomic E-state index is -0.238. The lowest BCUT2D eigenvalue weighted by atomic mass is 10.1. The number of aryl methyl sites for hydroxylation is 1. The third-order valence-corrected chi connectivity index (χ3v) is 5.07. The highest BCUT2D eigenvalue weighted by Crippen LogP contribution is 2.24. The van der Waals surface area contributed by atoms with Gasteiger partial charge in [0.05, 0.1) is 6.04 Å². The Morgan fingerprint density at radius 1 is 1.28 bits per heavy atom. The van der Waals surface area contributed by atoms with Gasteiger partial charge in [-0.15, -0.1) is 0 Å². The molecule has 0 saturated carbocycles. The van der Waals surface area contributed by atoms with Crippen LogP contribution in [0.4, 0.5) is 4.39 Å². The first-order chi connectivity index (χ1) is 12.1. The molecule has 5 nitrogen and oxygen atoms in total. The fraction of sp³-hybridized carbons (Fsp3) is 0.556. The van der Waals surface area contributed by atoms with Gasteiger partial charge in [0.2, 0.25) is 5.89 Å². The molecule has 3 rings (SSSR count). The van der Waals surface area contributed by atoms with Crippen molar-refractivity contribution in [3.63, 3.8) is 0 Å². The molecule has 0 spiro atoms. The van der Waals surface area contributed by atoms with E-state index in [1.54, 1.807) is 12.1 Å². The third-order valence-electron chi connectivity index (χ3n) is 4.71. The molecule has 1 saturated heterocycles. The smallest absolute Gasteiger partial charge is 0.243 e. The standard InChI is InChI=1S/C18H24ClFN4O/c1-3-5-17-21-18(25-22-17)13(2)24-10-8-23(9-11-24)12-14-15(19)6-4-7-16(14)20/h4,6-7,13H,3,5,8-12H2,1-2H3. The molecule has 1 unspecified atom stereocenters. The summed E-state index contributed by atoms with van der Waals surface area (Å²) >= 11 is 6.13. The van der Waals surface area contributed by atoms with Crippen LogP contribution in [-0.2, 0) is 13.0 Å². The van der Waals surface area contributed by atoms with Crippen LogP contribution in [0.5, 0.6) is 0 Å². The fourth-order valence-corrected chi connectivity index (χ4v) is 3.36. The monoisotopic (exact) mass is 366 g/mol. The van der Waals surface area contributed by atoms with E-state index >= 15 is 0 Å². The molecular weight excluding hydrogens is 343 g/mol. The second-order valence-electron chi connectivity index (χ2n) is 6.49. The van der Waals surface area contributed by atoms with E-state index in [1.807, 2.05) is 0 Å². The quantitative estimate of drug-likeness (QED) is 0.780. The first-order valence-corrected chi connectivity index (χ1v) is 9.18. The predicted octanol–water partition coefficient (Wildman–Crippen LogP) is 3.69. The van der Waals surface area contributed by atoms with E-state index in [4.69, 9.17) is 16.1 Å². The summed E-state index contributed by atoms with van der Waals surface area (Å²) in [6, 6.07) is 4.93. The zero-order chi connectivity index (χ0) is 17.8. The van der Waals surface area contributed by atoms with Crippen LogP contribution in [0.2, 0.25) is 5.02 Å². The molecule has 2 aromatic rings. The minimum Gasteiger partial charge on any atom is -0.338 e. The van der Waals surface area contributed by atoms with E-state index in [1.165, 1.54) is 6.07 Å². The molecule has 0 aliphatic carbocycles. The van der Waals surface area contributed by atoms with Gasteiger partial charge in [-0.25, -0.2) is 4.39 Å². The van der Waals surface area contributed by atoms with E-state index in [9.17, 15) is 4.39 Å². The zero-order valence-corrected chi connectivity index (χ0v) is 15.5. The lowest BCUT2D eigenvalue weighted by molar-refractivity contribution is 0.0839. The van der Waals surface area contributed by atoms with Crippen molar-refractivity contribution in [2.24, 2.45) is 0 Å². The van der Waals surface area contributed by atoms with Gasteiger partial charge in [-0.2, -0.15) is 4.98 Å². The topological polar surface area (TPSA) is 45.4 Å². The van der Waals surface area contributed by atoms with E-state index in [-0.39, 0.29) is 11.9 Å². The molecule has 1 aliphatic heterocycles. The highest BCUT2D eigenvalue weighted by atomic mass is 35.5. The fourth-order valence-electron chi connectivity index (χ4n) is 3.13. The van der Waals surface area contributed by atoms with Crippen molar-refractivity contribution in [1.29, 1.82) is 0 Å². The Labute approximate surface area is 152 Å². The lowest BCUT2D eigenvalue weighted by Gasteiger charge is -2.36. The largest absolute Gasteiger partial charge is 0.338 e. The average Bonchev–Trinajstić information content (AvgIpc) is 3.07. The SMILES string of the molecule is CCCc1noc(C(C)N2CCN(Cc3c(F)cccc3Cl)CC2)n1. The summed E-state index contributed by atoms with van der Waals surface area (Å²) in [5, 5.41) is 4.52. The van der Waals surface area contributed by atoms with Crippen molar-refractivity contribution in [1.82, 2.24) is 19.9 Å². The van der Waals surface area contributed by atoms with Crippen molar-refractivity contribution >= 4 is 11.6 Å². The first kappa shape index (κ1) is 18.3. The van der Waals surface area contributed by atoms with Gasteiger partial charge in [0.15, 0.2) is 5.82 Å². The molecule has 1 aromatic carbocycles. The Morgan fingerprint density at radius 2 is 2.04 bits per heavy atom. The van der Waals surface area contributed by atoms with Gasteiger partial charge < -0.3 is 4.52 Å². The number of halogens is 2. The third kappa shape index (κ3) is 4.37. The Hall–Kier alpha value is -1.50. The van der Waals surface area contributed by atoms with E-state index in [0.29, 0.717) is 23.0 Å². The van der Waals surface area contributed by atoms with Crippen molar-refractivity contribution in [2.75, 3.05) is 26.2 Å². The van der Waals surface area contributed by atoms with Crippen LogP contribution >= 0.6 is 11.6 Å². The number of rotatable bonds is 6. The molecule has 7 heteroatoms. The number of benzene rings is 1. The first-order valence-electron chi connectivity index (χ1n) is 8.80. The van der Waals surface area contributed by atoms with E-state index in [2.05, 4.69) is 33.8 Å². The highest BCUT2D eigenvalue weighted by Gasteiger charge is 2.26. The van der Waals surface area contributed by atoms with Gasteiger partial charge in [0, 0.05) is 49.7 Å². The summed E-state index contributed by atoms with van der Waals surface area (Å²) in [6.07, 6.45) is 1.85. The second kappa shape index (κ2) is 8.25. The summed E-state index contributed by atoms with van der Waals surface area (Å²) < 4.78 is 19.4. The minimum absolute atomic E-state index is 0.0947. The molecule has 0 N–H and O–H groups in total. The number of hydrogen-bond donors (Lipinski definition) is 0. The molecule has 2 heterocycles. The Kier molecular flexibility index (Phi) is 6.04. The highest BCUT2D eigenvalue weighted by molar-refractivity contribution is 6.31. The molecule has 0 bridgehead atoms. The van der Waals surface area contributed by atoms with Crippen LogP contribution in [0.3, 0.4) is 0 Å². The summed E-state index contributed by atoms with van der Waals surface area (Å²) in [5.74, 6) is 1.21. The molecule has 1 aliphatic rings. The maximum absolute atomic E-state index is 13.9. The molecule has 1 aromatic heterocycles. The van der Waals surface area contributed by atoms with Crippen LogP contribution in [0.1, 0.15) is 43.6 Å². The summed E-state index contributed by atoms with van der Waals surface area (Å²) in [7, 11) is 0. The Morgan fingerprint density at radius 3 is 2.72 bits per heavy atom. The Bertz CT molecular complexity index is 680. The maximum Gasteiger partial charge on any atom is 0.243 e. The molecule has 25 heavy (non-hydrogen) atoms. The molecule has 1 atom stereocenters. The van der Waals surface area contributed by atoms with Gasteiger partial charge in [0.1, 0.15) is 5.82 Å². The van der Waals surface area contributed by atoms with Crippen LogP contribution in [0.25, 0.3) is 0 Å². The van der Waals surface area contributed by atoms with E-state index < -0.39 is 0 Å². The van der Waals surface area contributed by atoms with Crippen molar-refractivity contribution < 1.29 is 8.91 Å². The Balaban J connectivity index is 1.56. The lowest BCUT2D eigenvalue weighted by Crippen LogP contribution is -2.46. The number of nitrogens with zero attached hydrogens (tertiary/aromatic N) is 4. The van der Waals surface area contributed by atoms with Crippen molar-refractivity contribution in [3.05, 3.63) is 46.3 Å². The number of hydrogen-bond acceptors (Lipinski definition) is 5. The molecule has 0 amide bonds. The van der Waals surface area contributed by atoms with Gasteiger partial charge >= 0.3 is 0 Å². The molecular formula is C18H24ClFN4O. The van der Waals surface area contributed by atoms with Crippen LogP contribution in [0.15, 0.2) is 22.7 Å². The van der Waals surface area contributed by atoms with Gasteiger partial charge in [-0.05, 0) is 25.5 Å².